The highest BCUT2D eigenvalue weighted by Crippen LogP contribution is 2.32. The fraction of sp³-hybridized carbons (Fsp3) is 0.308. The van der Waals surface area contributed by atoms with Gasteiger partial charge in [0.2, 0.25) is 0 Å². The molecule has 4 nitrogen and oxygen atoms in total. The van der Waals surface area contributed by atoms with E-state index < -0.39 is 5.97 Å². The molecule has 1 aliphatic heterocycles. The van der Waals surface area contributed by atoms with E-state index in [1.54, 1.807) is 0 Å². The van der Waals surface area contributed by atoms with E-state index in [1.807, 2.05) is 24.3 Å². The van der Waals surface area contributed by atoms with Crippen LogP contribution in [0.2, 0.25) is 0 Å². The van der Waals surface area contributed by atoms with Crippen LogP contribution in [0.5, 0.6) is 0 Å². The van der Waals surface area contributed by atoms with Gasteiger partial charge in [-0.15, -0.1) is 0 Å². The third kappa shape index (κ3) is 1.70. The highest BCUT2D eigenvalue weighted by Gasteiger charge is 2.25. The topological polar surface area (TPSA) is 65.1 Å². The van der Waals surface area contributed by atoms with Gasteiger partial charge in [-0.2, -0.15) is 0 Å². The van der Waals surface area contributed by atoms with Crippen LogP contribution in [0.4, 0.5) is 0 Å². The molecular weight excluding hydrogens is 216 g/mol. The van der Waals surface area contributed by atoms with Crippen molar-refractivity contribution in [1.29, 1.82) is 0 Å². The molecule has 2 aromatic rings. The molecule has 1 aliphatic rings. The lowest BCUT2D eigenvalue weighted by Crippen LogP contribution is -2.31. The van der Waals surface area contributed by atoms with Crippen LogP contribution in [-0.2, 0) is 11.2 Å². The molecule has 17 heavy (non-hydrogen) atoms. The van der Waals surface area contributed by atoms with E-state index in [0.717, 1.165) is 29.4 Å². The molecule has 0 radical (unpaired) electrons. The van der Waals surface area contributed by atoms with E-state index in [4.69, 9.17) is 5.11 Å². The number of fused-ring (bicyclic) bond motifs is 3. The third-order valence-electron chi connectivity index (χ3n) is 3.32. The molecular formula is C13H14N2O2. The number of carboxylic acids is 1. The Labute approximate surface area is 98.6 Å². The van der Waals surface area contributed by atoms with Gasteiger partial charge in [-0.3, -0.25) is 4.79 Å². The minimum Gasteiger partial charge on any atom is -0.481 e. The minimum absolute atomic E-state index is 0.0765. The van der Waals surface area contributed by atoms with Gasteiger partial charge in [0.05, 0.1) is 6.42 Å². The van der Waals surface area contributed by atoms with Gasteiger partial charge in [0.1, 0.15) is 0 Å². The second kappa shape index (κ2) is 3.89. The molecule has 4 heteroatoms. The van der Waals surface area contributed by atoms with E-state index in [1.165, 1.54) is 5.69 Å². The summed E-state index contributed by atoms with van der Waals surface area (Å²) in [7, 11) is 0. The molecule has 0 amide bonds. The Kier molecular flexibility index (Phi) is 2.37. The first-order valence-electron chi connectivity index (χ1n) is 5.80. The van der Waals surface area contributed by atoms with Crippen molar-refractivity contribution in [3.8, 4) is 0 Å². The molecule has 0 saturated heterocycles. The maximum Gasteiger partial charge on any atom is 0.305 e. The minimum atomic E-state index is -0.763. The molecule has 1 aromatic carbocycles. The van der Waals surface area contributed by atoms with Gasteiger partial charge in [-0.05, 0) is 11.6 Å². The molecule has 88 valence electrons. The summed E-state index contributed by atoms with van der Waals surface area (Å²) in [5.41, 5.74) is 3.40. The molecule has 0 spiro atoms. The lowest BCUT2D eigenvalue weighted by molar-refractivity contribution is -0.137. The third-order valence-corrected chi connectivity index (χ3v) is 3.32. The van der Waals surface area contributed by atoms with Gasteiger partial charge in [0, 0.05) is 35.6 Å². The van der Waals surface area contributed by atoms with Crippen molar-refractivity contribution < 1.29 is 9.90 Å². The SMILES string of the molecule is O=C(O)CC1NCCc2[nH]c3ccccc3c21. The molecule has 0 aliphatic carbocycles. The smallest absolute Gasteiger partial charge is 0.305 e. The van der Waals surface area contributed by atoms with Crippen LogP contribution in [0.3, 0.4) is 0 Å². The fourth-order valence-corrected chi connectivity index (χ4v) is 2.64. The summed E-state index contributed by atoms with van der Waals surface area (Å²) in [5.74, 6) is -0.763. The Hall–Kier alpha value is -1.81. The van der Waals surface area contributed by atoms with E-state index in [9.17, 15) is 4.79 Å². The van der Waals surface area contributed by atoms with Crippen LogP contribution in [0.25, 0.3) is 10.9 Å². The van der Waals surface area contributed by atoms with Crippen LogP contribution in [-0.4, -0.2) is 22.6 Å². The van der Waals surface area contributed by atoms with Crippen molar-refractivity contribution in [3.05, 3.63) is 35.5 Å². The van der Waals surface area contributed by atoms with Crippen LogP contribution in [0.15, 0.2) is 24.3 Å². The summed E-state index contributed by atoms with van der Waals surface area (Å²) in [4.78, 5) is 14.3. The zero-order valence-electron chi connectivity index (χ0n) is 9.36. The summed E-state index contributed by atoms with van der Waals surface area (Å²) >= 11 is 0. The number of carboxylic acid groups (broad SMARTS) is 1. The predicted molar refractivity (Wildman–Crippen MR) is 65.0 cm³/mol. The van der Waals surface area contributed by atoms with Crippen LogP contribution >= 0.6 is 0 Å². The molecule has 3 rings (SSSR count). The number of aliphatic carboxylic acids is 1. The van der Waals surface area contributed by atoms with E-state index >= 15 is 0 Å². The molecule has 1 unspecified atom stereocenters. The Morgan fingerprint density at radius 1 is 1.41 bits per heavy atom. The Balaban J connectivity index is 2.13. The Morgan fingerprint density at radius 2 is 2.24 bits per heavy atom. The van der Waals surface area contributed by atoms with E-state index in [2.05, 4.69) is 10.3 Å². The van der Waals surface area contributed by atoms with Gasteiger partial charge >= 0.3 is 5.97 Å². The lowest BCUT2D eigenvalue weighted by atomic mass is 9.95. The molecule has 1 aromatic heterocycles. The highest BCUT2D eigenvalue weighted by atomic mass is 16.4. The maximum atomic E-state index is 10.9. The number of carbonyl (C=O) groups is 1. The van der Waals surface area contributed by atoms with Crippen LogP contribution < -0.4 is 5.32 Å². The normalized spacial score (nSPS) is 19.2. The average molecular weight is 230 g/mol. The zero-order chi connectivity index (χ0) is 11.8. The standard InChI is InChI=1S/C13H14N2O2/c16-12(17)7-11-13-8-3-1-2-4-9(8)15-10(13)5-6-14-11/h1-4,11,14-15H,5-7H2,(H,16,17). The van der Waals surface area contributed by atoms with Crippen molar-refractivity contribution in [2.45, 2.75) is 18.9 Å². The monoisotopic (exact) mass is 230 g/mol. The quantitative estimate of drug-likeness (QED) is 0.737. The number of aromatic nitrogens is 1. The molecule has 0 bridgehead atoms. The second-order valence-electron chi connectivity index (χ2n) is 4.42. The van der Waals surface area contributed by atoms with Crippen LogP contribution in [0, 0.1) is 0 Å². The molecule has 0 saturated carbocycles. The number of hydrogen-bond acceptors (Lipinski definition) is 2. The number of H-pyrrole nitrogens is 1. The first-order chi connectivity index (χ1) is 8.25. The van der Waals surface area contributed by atoms with Gasteiger partial charge < -0.3 is 15.4 Å². The van der Waals surface area contributed by atoms with Crippen molar-refractivity contribution >= 4 is 16.9 Å². The first-order valence-corrected chi connectivity index (χ1v) is 5.80. The lowest BCUT2D eigenvalue weighted by Gasteiger charge is -2.23. The Morgan fingerprint density at radius 3 is 3.06 bits per heavy atom. The van der Waals surface area contributed by atoms with Crippen molar-refractivity contribution in [2.75, 3.05) is 6.54 Å². The zero-order valence-corrected chi connectivity index (χ0v) is 9.36. The van der Waals surface area contributed by atoms with E-state index in [-0.39, 0.29) is 12.5 Å². The summed E-state index contributed by atoms with van der Waals surface area (Å²) in [6, 6.07) is 7.98. The highest BCUT2D eigenvalue weighted by molar-refractivity contribution is 5.86. The molecule has 2 heterocycles. The first kappa shape index (κ1) is 10.4. The van der Waals surface area contributed by atoms with Gasteiger partial charge in [0.15, 0.2) is 0 Å². The van der Waals surface area contributed by atoms with Gasteiger partial charge in [0.25, 0.3) is 0 Å². The number of para-hydroxylation sites is 1. The number of benzene rings is 1. The van der Waals surface area contributed by atoms with E-state index in [0.29, 0.717) is 0 Å². The summed E-state index contributed by atoms with van der Waals surface area (Å²) in [5, 5.41) is 13.4. The largest absolute Gasteiger partial charge is 0.481 e. The van der Waals surface area contributed by atoms with Gasteiger partial charge in [-0.1, -0.05) is 18.2 Å². The van der Waals surface area contributed by atoms with Crippen molar-refractivity contribution in [3.63, 3.8) is 0 Å². The molecule has 1 atom stereocenters. The molecule has 0 fully saturated rings. The number of nitrogens with one attached hydrogen (secondary N) is 2. The summed E-state index contributed by atoms with van der Waals surface area (Å²) < 4.78 is 0. The van der Waals surface area contributed by atoms with Crippen molar-refractivity contribution in [2.24, 2.45) is 0 Å². The fourth-order valence-electron chi connectivity index (χ4n) is 2.64. The van der Waals surface area contributed by atoms with Gasteiger partial charge in [-0.25, -0.2) is 0 Å². The average Bonchev–Trinajstić information content (AvgIpc) is 2.67. The van der Waals surface area contributed by atoms with Crippen LogP contribution in [0.1, 0.15) is 23.7 Å². The Bertz CT molecular complexity index is 574. The van der Waals surface area contributed by atoms with Crippen molar-refractivity contribution in [1.82, 2.24) is 10.3 Å². The number of aromatic amines is 1. The number of rotatable bonds is 2. The summed E-state index contributed by atoms with van der Waals surface area (Å²) in [6.45, 7) is 0.831. The maximum absolute atomic E-state index is 10.9. The summed E-state index contributed by atoms with van der Waals surface area (Å²) in [6.07, 6.45) is 1.06. The molecule has 3 N–H and O–H groups in total. The second-order valence-corrected chi connectivity index (χ2v) is 4.42. The predicted octanol–water partition coefficient (Wildman–Crippen LogP) is 1.83. The number of hydrogen-bond donors (Lipinski definition) is 3.